The first-order valence-electron chi connectivity index (χ1n) is 4.13. The zero-order chi connectivity index (χ0) is 11.4. The Morgan fingerprint density at radius 3 is 2.67 bits per heavy atom. The number of carbonyl (C=O) groups is 2. The second-order valence-electron chi connectivity index (χ2n) is 2.86. The molecular weight excluding hydrogens is 220 g/mol. The molecule has 0 aliphatic carbocycles. The van der Waals surface area contributed by atoms with Gasteiger partial charge in [-0.05, 0) is 23.8 Å². The van der Waals surface area contributed by atoms with Crippen LogP contribution in [-0.2, 0) is 16.0 Å². The quantitative estimate of drug-likeness (QED) is 0.801. The van der Waals surface area contributed by atoms with Crippen molar-refractivity contribution in [3.8, 4) is 0 Å². The Balaban J connectivity index is 3.13. The van der Waals surface area contributed by atoms with Crippen LogP contribution >= 0.6 is 11.6 Å². The van der Waals surface area contributed by atoms with Crippen LogP contribution in [0.2, 0.25) is 5.02 Å². The van der Waals surface area contributed by atoms with Crippen molar-refractivity contribution in [2.45, 2.75) is 6.42 Å². The van der Waals surface area contributed by atoms with Crippen LogP contribution in [0.5, 0.6) is 0 Å². The molecule has 0 radical (unpaired) electrons. The molecule has 4 nitrogen and oxygen atoms in total. The van der Waals surface area contributed by atoms with Crippen LogP contribution in [-0.4, -0.2) is 24.2 Å². The van der Waals surface area contributed by atoms with Crippen molar-refractivity contribution in [2.75, 3.05) is 7.11 Å². The van der Waals surface area contributed by atoms with Gasteiger partial charge in [0.25, 0.3) is 0 Å². The molecule has 0 aromatic heterocycles. The highest BCUT2D eigenvalue weighted by atomic mass is 35.5. The molecule has 0 amide bonds. The second kappa shape index (κ2) is 4.79. The number of carbonyl (C=O) groups excluding carboxylic acids is 1. The number of carboxylic acid groups (broad SMARTS) is 1. The summed E-state index contributed by atoms with van der Waals surface area (Å²) in [4.78, 5) is 21.8. The Bertz CT molecular complexity index is 400. The van der Waals surface area contributed by atoms with E-state index in [-0.39, 0.29) is 12.0 Å². The zero-order valence-corrected chi connectivity index (χ0v) is 8.75. The van der Waals surface area contributed by atoms with Gasteiger partial charge in [0.05, 0.1) is 19.1 Å². The minimum atomic E-state index is -1.03. The molecule has 0 spiro atoms. The highest BCUT2D eigenvalue weighted by Crippen LogP contribution is 2.17. The second-order valence-corrected chi connectivity index (χ2v) is 3.30. The van der Waals surface area contributed by atoms with Crippen molar-refractivity contribution in [2.24, 2.45) is 0 Å². The lowest BCUT2D eigenvalue weighted by Gasteiger charge is -2.05. The summed E-state index contributed by atoms with van der Waals surface area (Å²) in [6.45, 7) is 0. The third-order valence-corrected chi connectivity index (χ3v) is 2.05. The minimum Gasteiger partial charge on any atom is -0.481 e. The van der Waals surface area contributed by atoms with E-state index in [1.807, 2.05) is 0 Å². The van der Waals surface area contributed by atoms with Gasteiger partial charge in [-0.3, -0.25) is 4.79 Å². The van der Waals surface area contributed by atoms with Crippen molar-refractivity contribution >= 4 is 23.5 Å². The van der Waals surface area contributed by atoms with Crippen LogP contribution in [0.4, 0.5) is 0 Å². The monoisotopic (exact) mass is 228 g/mol. The molecule has 0 aliphatic heterocycles. The van der Waals surface area contributed by atoms with E-state index in [9.17, 15) is 9.59 Å². The van der Waals surface area contributed by atoms with Gasteiger partial charge in [0.2, 0.25) is 0 Å². The molecule has 0 unspecified atom stereocenters. The first kappa shape index (κ1) is 11.5. The van der Waals surface area contributed by atoms with Crippen LogP contribution in [0.1, 0.15) is 15.9 Å². The lowest BCUT2D eigenvalue weighted by molar-refractivity contribution is -0.136. The van der Waals surface area contributed by atoms with Crippen LogP contribution in [0.25, 0.3) is 0 Å². The van der Waals surface area contributed by atoms with Gasteiger partial charge < -0.3 is 9.84 Å². The molecule has 0 saturated carbocycles. The van der Waals surface area contributed by atoms with Gasteiger partial charge in [-0.1, -0.05) is 11.6 Å². The molecule has 0 aliphatic rings. The number of halogens is 1. The summed E-state index contributed by atoms with van der Waals surface area (Å²) in [5.74, 6) is -1.59. The van der Waals surface area contributed by atoms with Crippen LogP contribution < -0.4 is 0 Å². The zero-order valence-electron chi connectivity index (χ0n) is 7.99. The van der Waals surface area contributed by atoms with Gasteiger partial charge in [0, 0.05) is 5.02 Å². The lowest BCUT2D eigenvalue weighted by Crippen LogP contribution is -2.09. The number of benzene rings is 1. The molecule has 1 aromatic rings. The molecule has 0 saturated heterocycles. The largest absolute Gasteiger partial charge is 0.481 e. The van der Waals surface area contributed by atoms with E-state index >= 15 is 0 Å². The number of carboxylic acids is 1. The normalized spacial score (nSPS) is 9.73. The smallest absolute Gasteiger partial charge is 0.338 e. The molecule has 1 aromatic carbocycles. The Morgan fingerprint density at radius 1 is 1.47 bits per heavy atom. The number of rotatable bonds is 3. The van der Waals surface area contributed by atoms with E-state index in [1.54, 1.807) is 0 Å². The van der Waals surface area contributed by atoms with Crippen molar-refractivity contribution in [1.29, 1.82) is 0 Å². The molecule has 1 N–H and O–H groups in total. The van der Waals surface area contributed by atoms with Gasteiger partial charge in [-0.25, -0.2) is 4.79 Å². The summed E-state index contributed by atoms with van der Waals surface area (Å²) in [5, 5.41) is 9.03. The predicted octanol–water partition coefficient (Wildman–Crippen LogP) is 1.75. The number of ether oxygens (including phenoxy) is 1. The van der Waals surface area contributed by atoms with E-state index in [1.165, 1.54) is 25.3 Å². The highest BCUT2D eigenvalue weighted by Gasteiger charge is 2.14. The molecule has 0 bridgehead atoms. The fourth-order valence-corrected chi connectivity index (χ4v) is 1.38. The summed E-state index contributed by atoms with van der Waals surface area (Å²) in [6, 6.07) is 4.41. The van der Waals surface area contributed by atoms with Crippen molar-refractivity contribution in [3.05, 3.63) is 34.3 Å². The summed E-state index contributed by atoms with van der Waals surface area (Å²) in [5.41, 5.74) is 0.575. The number of hydrogen-bond acceptors (Lipinski definition) is 3. The van der Waals surface area contributed by atoms with Gasteiger partial charge in [-0.2, -0.15) is 0 Å². The SMILES string of the molecule is COC(=O)c1ccc(Cl)cc1CC(=O)O. The number of aliphatic carboxylic acids is 1. The fourth-order valence-electron chi connectivity index (χ4n) is 1.18. The van der Waals surface area contributed by atoms with Crippen LogP contribution in [0.15, 0.2) is 18.2 Å². The van der Waals surface area contributed by atoms with E-state index in [0.29, 0.717) is 10.6 Å². The van der Waals surface area contributed by atoms with E-state index in [2.05, 4.69) is 4.74 Å². The van der Waals surface area contributed by atoms with Gasteiger partial charge in [0.15, 0.2) is 0 Å². The molecule has 1 rings (SSSR count). The van der Waals surface area contributed by atoms with Crippen LogP contribution in [0.3, 0.4) is 0 Å². The van der Waals surface area contributed by atoms with Gasteiger partial charge in [0.1, 0.15) is 0 Å². The predicted molar refractivity (Wildman–Crippen MR) is 54.1 cm³/mol. The summed E-state index contributed by atoms with van der Waals surface area (Å²) in [6.07, 6.45) is -0.259. The summed E-state index contributed by atoms with van der Waals surface area (Å²) >= 11 is 5.70. The first-order chi connectivity index (χ1) is 7.04. The lowest BCUT2D eigenvalue weighted by atomic mass is 10.0. The maximum atomic E-state index is 11.3. The Hall–Kier alpha value is -1.55. The third kappa shape index (κ3) is 2.95. The van der Waals surface area contributed by atoms with Gasteiger partial charge in [-0.15, -0.1) is 0 Å². The van der Waals surface area contributed by atoms with Crippen molar-refractivity contribution in [3.63, 3.8) is 0 Å². The standard InChI is InChI=1S/C10H9ClO4/c1-15-10(14)8-3-2-7(11)4-6(8)5-9(12)13/h2-4H,5H2,1H3,(H,12,13). The topological polar surface area (TPSA) is 63.6 Å². The average Bonchev–Trinajstić information content (AvgIpc) is 2.16. The van der Waals surface area contributed by atoms with Gasteiger partial charge >= 0.3 is 11.9 Å². The van der Waals surface area contributed by atoms with E-state index < -0.39 is 11.9 Å². The van der Waals surface area contributed by atoms with Crippen molar-refractivity contribution in [1.82, 2.24) is 0 Å². The molecule has 0 heterocycles. The number of hydrogen-bond donors (Lipinski definition) is 1. The minimum absolute atomic E-state index is 0.226. The molecule has 15 heavy (non-hydrogen) atoms. The summed E-state index contributed by atoms with van der Waals surface area (Å²) < 4.78 is 4.52. The number of esters is 1. The number of methoxy groups -OCH3 is 1. The summed E-state index contributed by atoms with van der Waals surface area (Å²) in [7, 11) is 1.24. The fraction of sp³-hybridized carbons (Fsp3) is 0.200. The van der Waals surface area contributed by atoms with Crippen LogP contribution in [0, 0.1) is 0 Å². The Morgan fingerprint density at radius 2 is 2.13 bits per heavy atom. The van der Waals surface area contributed by atoms with Crippen molar-refractivity contribution < 1.29 is 19.4 Å². The highest BCUT2D eigenvalue weighted by molar-refractivity contribution is 6.30. The molecule has 5 heteroatoms. The Kier molecular flexibility index (Phi) is 3.68. The first-order valence-corrected chi connectivity index (χ1v) is 4.51. The molecule has 0 fully saturated rings. The van der Waals surface area contributed by atoms with E-state index in [4.69, 9.17) is 16.7 Å². The molecular formula is C10H9ClO4. The molecule has 80 valence electrons. The Labute approximate surface area is 91.4 Å². The molecule has 0 atom stereocenters. The third-order valence-electron chi connectivity index (χ3n) is 1.81. The van der Waals surface area contributed by atoms with E-state index in [0.717, 1.165) is 0 Å². The maximum absolute atomic E-state index is 11.3. The maximum Gasteiger partial charge on any atom is 0.338 e. The average molecular weight is 229 g/mol.